The van der Waals surface area contributed by atoms with E-state index in [1.807, 2.05) is 104 Å². The molecule has 2 aliphatic rings. The Morgan fingerprint density at radius 2 is 0.940 bits per heavy atom. The smallest absolute Gasteiger partial charge is 0.311 e. The molecule has 260 valence electrons. The van der Waals surface area contributed by atoms with Crippen LogP contribution < -0.4 is 10.6 Å². The Hall–Kier alpha value is -5.24. The van der Waals surface area contributed by atoms with Gasteiger partial charge in [-0.1, -0.05) is 111 Å². The van der Waals surface area contributed by atoms with Crippen LogP contribution in [0.25, 0.3) is 22.3 Å². The molecule has 0 bridgehead atoms. The topological polar surface area (TPSA) is 122 Å². The lowest BCUT2D eigenvalue weighted by Crippen LogP contribution is -2.45. The third kappa shape index (κ3) is 9.68. The number of carboxylic acid groups (broad SMARTS) is 1. The van der Waals surface area contributed by atoms with E-state index in [2.05, 4.69) is 10.6 Å². The average Bonchev–Trinajstić information content (AvgIpc) is 3.16. The first kappa shape index (κ1) is 36.1. The third-order valence-corrected chi connectivity index (χ3v) is 9.58. The first-order valence-electron chi connectivity index (χ1n) is 17.7. The van der Waals surface area contributed by atoms with Crippen molar-refractivity contribution in [3.05, 3.63) is 120 Å². The number of nitrogens with one attached hydrogen (secondary N) is 2. The number of amides is 2. The monoisotopic (exact) mass is 674 g/mol. The number of esters is 1. The molecule has 2 saturated carbocycles. The fraction of sp³-hybridized carbons (Fsp3) is 0.333. The SMILES string of the molecule is CCOC(=O)[C@@H]1CCCC[C@@H]1NC(=O)c1ccc(-c2ccccc2)cc1.O=C(N[C@H]1CCCC[C@H]1C(=O)O)c1ccc(-c2ccccc2)cc1. The molecule has 4 aromatic carbocycles. The van der Waals surface area contributed by atoms with Crippen LogP contribution in [0.5, 0.6) is 0 Å². The molecule has 4 aromatic rings. The Bertz CT molecular complexity index is 1710. The van der Waals surface area contributed by atoms with E-state index in [9.17, 15) is 24.3 Å². The summed E-state index contributed by atoms with van der Waals surface area (Å²) in [7, 11) is 0. The van der Waals surface area contributed by atoms with Gasteiger partial charge in [-0.15, -0.1) is 0 Å². The highest BCUT2D eigenvalue weighted by atomic mass is 16.5. The minimum atomic E-state index is -0.820. The van der Waals surface area contributed by atoms with Gasteiger partial charge in [0.25, 0.3) is 11.8 Å². The lowest BCUT2D eigenvalue weighted by molar-refractivity contribution is -0.150. The van der Waals surface area contributed by atoms with Gasteiger partial charge in [-0.25, -0.2) is 0 Å². The van der Waals surface area contributed by atoms with Gasteiger partial charge in [0.15, 0.2) is 0 Å². The number of carbonyl (C=O) groups excluding carboxylic acids is 3. The Labute approximate surface area is 294 Å². The van der Waals surface area contributed by atoms with Gasteiger partial charge in [-0.05, 0) is 79.1 Å². The number of rotatable bonds is 9. The van der Waals surface area contributed by atoms with Crippen LogP contribution in [-0.4, -0.2) is 47.6 Å². The molecule has 3 N–H and O–H groups in total. The third-order valence-electron chi connectivity index (χ3n) is 9.58. The van der Waals surface area contributed by atoms with Gasteiger partial charge < -0.3 is 20.5 Å². The standard InChI is InChI=1S/C22H25NO3.C20H21NO3/c1-2-26-22(25)19-10-6-7-11-20(19)23-21(24)18-14-12-17(13-15-18)16-8-4-3-5-9-16;22-19(21-18-9-5-4-8-17(18)20(23)24)16-12-10-15(11-13-16)14-6-2-1-3-7-14/h3-5,8-9,12-15,19-20H,2,6-7,10-11H2,1H3,(H,23,24);1-3,6-7,10-13,17-18H,4-5,8-9H2,(H,21,22)(H,23,24)/t19-,20+;17-,18+/m11/s1. The van der Waals surface area contributed by atoms with Gasteiger partial charge in [-0.3, -0.25) is 19.2 Å². The van der Waals surface area contributed by atoms with Crippen molar-refractivity contribution in [1.29, 1.82) is 0 Å². The molecule has 0 saturated heterocycles. The van der Waals surface area contributed by atoms with Gasteiger partial charge >= 0.3 is 11.9 Å². The first-order valence-corrected chi connectivity index (χ1v) is 17.7. The van der Waals surface area contributed by atoms with Crippen LogP contribution in [0.4, 0.5) is 0 Å². The van der Waals surface area contributed by atoms with E-state index in [-0.39, 0.29) is 35.8 Å². The van der Waals surface area contributed by atoms with Crippen LogP contribution in [0.1, 0.15) is 79.0 Å². The molecule has 0 aromatic heterocycles. The van der Waals surface area contributed by atoms with Crippen molar-refractivity contribution in [3.63, 3.8) is 0 Å². The summed E-state index contributed by atoms with van der Waals surface area (Å²) >= 11 is 0. The predicted molar refractivity (Wildman–Crippen MR) is 194 cm³/mol. The zero-order valence-electron chi connectivity index (χ0n) is 28.6. The van der Waals surface area contributed by atoms with Crippen molar-refractivity contribution in [3.8, 4) is 22.3 Å². The summed E-state index contributed by atoms with van der Waals surface area (Å²) in [6, 6.07) is 34.6. The van der Waals surface area contributed by atoms with Crippen LogP contribution in [-0.2, 0) is 14.3 Å². The maximum atomic E-state index is 12.6. The molecular weight excluding hydrogens is 628 g/mol. The highest BCUT2D eigenvalue weighted by molar-refractivity contribution is 5.96. The molecule has 8 heteroatoms. The zero-order valence-corrected chi connectivity index (χ0v) is 28.6. The normalized spacial score (nSPS) is 19.9. The van der Waals surface area contributed by atoms with Crippen LogP contribution in [0.3, 0.4) is 0 Å². The van der Waals surface area contributed by atoms with E-state index in [0.29, 0.717) is 24.2 Å². The fourth-order valence-electron chi connectivity index (χ4n) is 6.83. The van der Waals surface area contributed by atoms with Crippen molar-refractivity contribution in [2.45, 2.75) is 70.4 Å². The molecule has 0 heterocycles. The molecule has 2 fully saturated rings. The van der Waals surface area contributed by atoms with Crippen molar-refractivity contribution >= 4 is 23.8 Å². The number of hydrogen-bond donors (Lipinski definition) is 3. The second-order valence-corrected chi connectivity index (χ2v) is 12.9. The second kappa shape index (κ2) is 18.0. The largest absolute Gasteiger partial charge is 0.481 e. The van der Waals surface area contributed by atoms with Gasteiger partial charge in [0.1, 0.15) is 0 Å². The number of aliphatic carboxylic acids is 1. The molecule has 0 spiro atoms. The van der Waals surface area contributed by atoms with E-state index in [0.717, 1.165) is 67.2 Å². The number of hydrogen-bond acceptors (Lipinski definition) is 5. The van der Waals surface area contributed by atoms with E-state index in [1.165, 1.54) is 0 Å². The van der Waals surface area contributed by atoms with Gasteiger partial charge in [0, 0.05) is 23.2 Å². The van der Waals surface area contributed by atoms with E-state index in [4.69, 9.17) is 4.74 Å². The predicted octanol–water partition coefficient (Wildman–Crippen LogP) is 7.93. The van der Waals surface area contributed by atoms with Crippen LogP contribution in [0, 0.1) is 11.8 Å². The Balaban J connectivity index is 0.000000195. The highest BCUT2D eigenvalue weighted by Gasteiger charge is 2.33. The summed E-state index contributed by atoms with van der Waals surface area (Å²) in [5, 5.41) is 15.3. The summed E-state index contributed by atoms with van der Waals surface area (Å²) < 4.78 is 5.17. The maximum Gasteiger partial charge on any atom is 0.311 e. The molecule has 4 atom stereocenters. The van der Waals surface area contributed by atoms with Gasteiger partial charge in [0.05, 0.1) is 18.4 Å². The number of ether oxygens (including phenoxy) is 1. The molecule has 8 nitrogen and oxygen atoms in total. The van der Waals surface area contributed by atoms with Crippen LogP contribution >= 0.6 is 0 Å². The van der Waals surface area contributed by atoms with Crippen molar-refractivity contribution < 1.29 is 29.0 Å². The summed E-state index contributed by atoms with van der Waals surface area (Å²) in [5.74, 6) is -2.07. The average molecular weight is 675 g/mol. The Morgan fingerprint density at radius 1 is 0.560 bits per heavy atom. The first-order chi connectivity index (χ1) is 24.3. The molecule has 0 radical (unpaired) electrons. The van der Waals surface area contributed by atoms with Gasteiger partial charge in [-0.2, -0.15) is 0 Å². The lowest BCUT2D eigenvalue weighted by Gasteiger charge is -2.30. The van der Waals surface area contributed by atoms with Gasteiger partial charge in [0.2, 0.25) is 0 Å². The molecule has 2 aliphatic carbocycles. The maximum absolute atomic E-state index is 12.6. The molecule has 50 heavy (non-hydrogen) atoms. The molecule has 0 unspecified atom stereocenters. The Morgan fingerprint density at radius 3 is 1.36 bits per heavy atom. The van der Waals surface area contributed by atoms with E-state index < -0.39 is 11.9 Å². The second-order valence-electron chi connectivity index (χ2n) is 12.9. The minimum absolute atomic E-state index is 0.134. The molecule has 2 amide bonds. The summed E-state index contributed by atoms with van der Waals surface area (Å²) in [5.41, 5.74) is 5.51. The van der Waals surface area contributed by atoms with E-state index in [1.54, 1.807) is 12.1 Å². The summed E-state index contributed by atoms with van der Waals surface area (Å²) in [6.07, 6.45) is 6.85. The van der Waals surface area contributed by atoms with Crippen LogP contribution in [0.15, 0.2) is 109 Å². The quantitative estimate of drug-likeness (QED) is 0.155. The molecular formula is C42H46N2O6. The molecule has 0 aliphatic heterocycles. The zero-order chi connectivity index (χ0) is 35.3. The number of benzene rings is 4. The van der Waals surface area contributed by atoms with Crippen molar-refractivity contribution in [1.82, 2.24) is 10.6 Å². The molecule has 6 rings (SSSR count). The highest BCUT2D eigenvalue weighted by Crippen LogP contribution is 2.27. The number of carbonyl (C=O) groups is 4. The van der Waals surface area contributed by atoms with Crippen molar-refractivity contribution in [2.24, 2.45) is 11.8 Å². The Kier molecular flexibility index (Phi) is 12.9. The van der Waals surface area contributed by atoms with Crippen molar-refractivity contribution in [2.75, 3.05) is 6.61 Å². The summed E-state index contributed by atoms with van der Waals surface area (Å²) in [4.78, 5) is 48.5. The van der Waals surface area contributed by atoms with Crippen LogP contribution in [0.2, 0.25) is 0 Å². The minimum Gasteiger partial charge on any atom is -0.481 e. The summed E-state index contributed by atoms with van der Waals surface area (Å²) in [6.45, 7) is 2.18. The fourth-order valence-corrected chi connectivity index (χ4v) is 6.83. The lowest BCUT2D eigenvalue weighted by atomic mass is 9.84. The number of carboxylic acids is 1. The van der Waals surface area contributed by atoms with E-state index >= 15 is 0 Å².